The monoisotopic (exact) mass is 420 g/mol. The number of hydrogen-bond acceptors (Lipinski definition) is 0. The van der Waals surface area contributed by atoms with E-state index in [0.29, 0.717) is 0 Å². The Morgan fingerprint density at radius 2 is 0.481 bits per heavy atom. The van der Waals surface area contributed by atoms with Gasteiger partial charge in [0.05, 0.1) is 0 Å². The summed E-state index contributed by atoms with van der Waals surface area (Å²) in [5.41, 5.74) is 0. The summed E-state index contributed by atoms with van der Waals surface area (Å²) in [6.07, 6.45) is 0. The molecule has 0 saturated heterocycles. The van der Waals surface area contributed by atoms with Crippen LogP contribution in [0.4, 0.5) is 0 Å². The van der Waals surface area contributed by atoms with Gasteiger partial charge in [-0.2, -0.15) is 0 Å². The van der Waals surface area contributed by atoms with Crippen molar-refractivity contribution in [1.29, 1.82) is 0 Å². The van der Waals surface area contributed by atoms with Gasteiger partial charge >= 0.3 is 0 Å². The van der Waals surface area contributed by atoms with E-state index in [-0.39, 0.29) is 21.7 Å². The first-order valence-electron chi connectivity index (χ1n) is 8.64. The van der Waals surface area contributed by atoms with Gasteiger partial charge in [0.2, 0.25) is 0 Å². The zero-order valence-electron chi connectivity index (χ0n) is 15.0. The molecule has 0 amide bonds. The summed E-state index contributed by atoms with van der Waals surface area (Å²) >= 11 is 0. The first-order chi connectivity index (χ1) is 12.9. The largest absolute Gasteiger partial charge is 0.0622 e. The maximum absolute atomic E-state index is 2.17. The van der Waals surface area contributed by atoms with Gasteiger partial charge in [-0.15, -0.1) is 0 Å². The van der Waals surface area contributed by atoms with Gasteiger partial charge in [0, 0.05) is 21.7 Å². The van der Waals surface area contributed by atoms with Crippen LogP contribution in [0.2, 0.25) is 0 Å². The molecule has 27 heavy (non-hydrogen) atoms. The van der Waals surface area contributed by atoms with Gasteiger partial charge in [-0.3, -0.25) is 0 Å². The molecular weight excluding hydrogens is 398 g/mol. The molecule has 0 unspecified atom stereocenters. The number of hydrogen-bond donors (Lipinski definition) is 0. The van der Waals surface area contributed by atoms with Crippen molar-refractivity contribution in [1.82, 2.24) is 0 Å². The second-order valence-corrected chi connectivity index (χ2v) is 8.52. The van der Waals surface area contributed by atoms with Crippen molar-refractivity contribution in [3.8, 4) is 0 Å². The number of rotatable bonds is 4. The SMILES string of the molecule is [Ti].c1ccc(Pc2ccccc2)cc1.c1ccc(Pc2ccccc2)cc1. The van der Waals surface area contributed by atoms with Gasteiger partial charge in [-0.1, -0.05) is 138 Å². The van der Waals surface area contributed by atoms with Crippen LogP contribution in [0.3, 0.4) is 0 Å². The van der Waals surface area contributed by atoms with E-state index in [4.69, 9.17) is 0 Å². The van der Waals surface area contributed by atoms with Gasteiger partial charge in [0.25, 0.3) is 0 Å². The Morgan fingerprint density at radius 1 is 0.296 bits per heavy atom. The van der Waals surface area contributed by atoms with Crippen LogP contribution in [-0.4, -0.2) is 0 Å². The predicted octanol–water partition coefficient (Wildman–Crippen LogP) is 4.63. The van der Waals surface area contributed by atoms with Crippen LogP contribution >= 0.6 is 17.2 Å². The smallest absolute Gasteiger partial charge is 0 e. The van der Waals surface area contributed by atoms with E-state index < -0.39 is 0 Å². The van der Waals surface area contributed by atoms with Gasteiger partial charge in [-0.25, -0.2) is 0 Å². The molecule has 0 saturated carbocycles. The minimum atomic E-state index is 0. The van der Waals surface area contributed by atoms with Crippen LogP contribution in [0.5, 0.6) is 0 Å². The van der Waals surface area contributed by atoms with Crippen molar-refractivity contribution in [2.24, 2.45) is 0 Å². The summed E-state index contributed by atoms with van der Waals surface area (Å²) in [5.74, 6) is 0. The zero-order valence-corrected chi connectivity index (χ0v) is 18.6. The molecule has 0 radical (unpaired) electrons. The average molecular weight is 420 g/mol. The van der Waals surface area contributed by atoms with Crippen LogP contribution in [0.1, 0.15) is 0 Å². The predicted molar refractivity (Wildman–Crippen MR) is 121 cm³/mol. The fraction of sp³-hybridized carbons (Fsp3) is 0. The topological polar surface area (TPSA) is 0 Å². The van der Waals surface area contributed by atoms with E-state index in [1.165, 1.54) is 21.2 Å². The van der Waals surface area contributed by atoms with Crippen molar-refractivity contribution in [3.05, 3.63) is 121 Å². The molecular formula is C24H22P2Ti. The summed E-state index contributed by atoms with van der Waals surface area (Å²) < 4.78 is 0. The zero-order chi connectivity index (χ0) is 17.9. The Hall–Kier alpha value is -1.55. The molecule has 0 aliphatic carbocycles. The fourth-order valence-electron chi connectivity index (χ4n) is 2.42. The van der Waals surface area contributed by atoms with E-state index in [0.717, 1.165) is 17.2 Å². The van der Waals surface area contributed by atoms with Crippen LogP contribution < -0.4 is 21.2 Å². The van der Waals surface area contributed by atoms with Gasteiger partial charge in [-0.05, 0) is 21.2 Å². The third-order valence-electron chi connectivity index (χ3n) is 3.67. The molecule has 0 aliphatic heterocycles. The molecule has 0 fully saturated rings. The minimum Gasteiger partial charge on any atom is -0.0622 e. The maximum Gasteiger partial charge on any atom is 0 e. The molecule has 4 aromatic carbocycles. The van der Waals surface area contributed by atoms with Crippen molar-refractivity contribution in [2.75, 3.05) is 0 Å². The molecule has 0 nitrogen and oxygen atoms in total. The normalized spacial score (nSPS) is 9.48. The minimum absolute atomic E-state index is 0. The third-order valence-corrected chi connectivity index (χ3v) is 6.16. The quantitative estimate of drug-likeness (QED) is 0.334. The van der Waals surface area contributed by atoms with E-state index in [1.54, 1.807) is 0 Å². The summed E-state index contributed by atoms with van der Waals surface area (Å²) in [6, 6.07) is 42.3. The summed E-state index contributed by atoms with van der Waals surface area (Å²) in [7, 11) is 1.55. The first kappa shape index (κ1) is 21.8. The Kier molecular flexibility index (Phi) is 10.3. The molecule has 0 aromatic heterocycles. The van der Waals surface area contributed by atoms with Gasteiger partial charge in [0.1, 0.15) is 0 Å². The standard InChI is InChI=1S/2C12H11P.Ti/c2*1-3-7-11(8-4-1)13-12-9-5-2-6-10-12;/h2*1-10,13H;. The van der Waals surface area contributed by atoms with Gasteiger partial charge < -0.3 is 0 Å². The second kappa shape index (κ2) is 12.8. The van der Waals surface area contributed by atoms with E-state index in [1.807, 2.05) is 0 Å². The molecule has 0 aliphatic rings. The molecule has 0 bridgehead atoms. The fourth-order valence-corrected chi connectivity index (χ4v) is 4.52. The number of benzene rings is 4. The Morgan fingerprint density at radius 3 is 0.667 bits per heavy atom. The molecule has 0 spiro atoms. The van der Waals surface area contributed by atoms with Crippen molar-refractivity contribution >= 4 is 38.4 Å². The van der Waals surface area contributed by atoms with E-state index in [2.05, 4.69) is 121 Å². The molecule has 4 aromatic rings. The van der Waals surface area contributed by atoms with Crippen LogP contribution in [0.25, 0.3) is 0 Å². The van der Waals surface area contributed by atoms with Crippen LogP contribution in [0.15, 0.2) is 121 Å². The molecule has 0 N–H and O–H groups in total. The van der Waals surface area contributed by atoms with Crippen molar-refractivity contribution in [3.63, 3.8) is 0 Å². The molecule has 4 rings (SSSR count). The maximum atomic E-state index is 2.17. The van der Waals surface area contributed by atoms with E-state index in [9.17, 15) is 0 Å². The van der Waals surface area contributed by atoms with Crippen molar-refractivity contribution in [2.45, 2.75) is 0 Å². The Bertz CT molecular complexity index is 715. The first-order valence-corrected chi connectivity index (χ1v) is 10.6. The summed E-state index contributed by atoms with van der Waals surface area (Å²) in [5, 5.41) is 5.59. The average Bonchev–Trinajstić information content (AvgIpc) is 2.72. The molecule has 0 heterocycles. The van der Waals surface area contributed by atoms with Crippen molar-refractivity contribution < 1.29 is 21.7 Å². The van der Waals surface area contributed by atoms with Crippen LogP contribution in [0, 0.1) is 0 Å². The van der Waals surface area contributed by atoms with Gasteiger partial charge in [0.15, 0.2) is 0 Å². The van der Waals surface area contributed by atoms with Crippen LogP contribution in [-0.2, 0) is 21.7 Å². The molecule has 132 valence electrons. The Labute approximate surface area is 180 Å². The summed E-state index contributed by atoms with van der Waals surface area (Å²) in [4.78, 5) is 0. The summed E-state index contributed by atoms with van der Waals surface area (Å²) in [6.45, 7) is 0. The molecule has 0 atom stereocenters. The third kappa shape index (κ3) is 8.34. The van der Waals surface area contributed by atoms with E-state index >= 15 is 0 Å². The molecule has 3 heteroatoms. The Balaban J connectivity index is 0.000000187. The second-order valence-electron chi connectivity index (χ2n) is 5.71.